The molecule has 2 heterocycles. The van der Waals surface area contributed by atoms with Gasteiger partial charge in [0, 0.05) is 4.70 Å². The van der Waals surface area contributed by atoms with Crippen molar-refractivity contribution in [2.75, 3.05) is 0 Å². The highest BCUT2D eigenvalue weighted by atomic mass is 32.1. The number of fused-ring (bicyclic) bond motifs is 1. The number of halogens is 3. The normalized spacial score (nSPS) is 11.8. The van der Waals surface area contributed by atoms with Crippen molar-refractivity contribution in [1.82, 2.24) is 9.78 Å². The molecule has 0 unspecified atom stereocenters. The molecule has 0 aliphatic carbocycles. The first kappa shape index (κ1) is 27.3. The highest BCUT2D eigenvalue weighted by Gasteiger charge is 2.32. The number of carboxylic acid groups (broad SMARTS) is 1. The number of para-hydroxylation sites is 2. The van der Waals surface area contributed by atoms with E-state index in [1.165, 1.54) is 34.2 Å². The number of carbonyl (C=O) groups is 1. The minimum atomic E-state index is -4.84. The van der Waals surface area contributed by atoms with Crippen LogP contribution < -0.4 is 9.47 Å². The molecule has 6 nitrogen and oxygen atoms in total. The fourth-order valence-electron chi connectivity index (χ4n) is 4.57. The van der Waals surface area contributed by atoms with Crippen LogP contribution in [-0.2, 0) is 6.61 Å². The quantitative estimate of drug-likeness (QED) is 0.204. The van der Waals surface area contributed by atoms with Gasteiger partial charge in [0.2, 0.25) is 0 Å². The number of hydrogen-bond acceptors (Lipinski definition) is 5. The van der Waals surface area contributed by atoms with E-state index in [-0.39, 0.29) is 24.0 Å². The third kappa shape index (κ3) is 5.67. The van der Waals surface area contributed by atoms with Crippen molar-refractivity contribution in [2.24, 2.45) is 0 Å². The van der Waals surface area contributed by atoms with E-state index in [2.05, 4.69) is 9.84 Å². The maximum Gasteiger partial charge on any atom is 0.573 e. The topological polar surface area (TPSA) is 73.6 Å². The summed E-state index contributed by atoms with van der Waals surface area (Å²) in [6, 6.07) is 19.0. The fourth-order valence-corrected chi connectivity index (χ4v) is 5.51. The summed E-state index contributed by atoms with van der Waals surface area (Å²) in [4.78, 5) is 11.6. The smallest absolute Gasteiger partial charge is 0.487 e. The monoisotopic (exact) mass is 566 g/mol. The summed E-state index contributed by atoms with van der Waals surface area (Å²) >= 11 is 1.23. The van der Waals surface area contributed by atoms with Crippen molar-refractivity contribution in [3.05, 3.63) is 94.6 Å². The molecule has 206 valence electrons. The maximum absolute atomic E-state index is 13.0. The molecule has 0 saturated heterocycles. The summed E-state index contributed by atoms with van der Waals surface area (Å²) in [5.41, 5.74) is 4.51. The number of benzene rings is 3. The van der Waals surface area contributed by atoms with Crippen LogP contribution in [0, 0.1) is 6.92 Å². The standard InChI is InChI=1S/C30H25F3N2O4S/c1-17(2)23-15-34-35(24-6-4-5-7-26(24)39-30(31,32)33)25(23)16-38-21-10-11-22(18(3)12-21)19-8-9-20-14-28(29(36)37)40-27(20)13-19/h4-15,17H,16H2,1-3H3,(H,36,37). The molecule has 0 amide bonds. The lowest BCUT2D eigenvalue weighted by molar-refractivity contribution is -0.274. The summed E-state index contributed by atoms with van der Waals surface area (Å²) < 4.78 is 51.8. The second-order valence-corrected chi connectivity index (χ2v) is 10.6. The predicted octanol–water partition coefficient (Wildman–Crippen LogP) is 8.36. The van der Waals surface area contributed by atoms with E-state index >= 15 is 0 Å². The van der Waals surface area contributed by atoms with Crippen molar-refractivity contribution in [3.63, 3.8) is 0 Å². The Balaban J connectivity index is 1.42. The minimum absolute atomic E-state index is 0.0565. The van der Waals surface area contributed by atoms with Gasteiger partial charge in [0.1, 0.15) is 22.9 Å². The summed E-state index contributed by atoms with van der Waals surface area (Å²) in [7, 11) is 0. The molecule has 3 aromatic carbocycles. The van der Waals surface area contributed by atoms with Crippen molar-refractivity contribution in [1.29, 1.82) is 0 Å². The lowest BCUT2D eigenvalue weighted by atomic mass is 10.00. The summed E-state index contributed by atoms with van der Waals surface area (Å²) in [6.45, 7) is 5.99. The molecule has 40 heavy (non-hydrogen) atoms. The van der Waals surface area contributed by atoms with Gasteiger partial charge >= 0.3 is 12.3 Å². The first-order valence-electron chi connectivity index (χ1n) is 12.4. The molecular formula is C30H25F3N2O4S. The van der Waals surface area contributed by atoms with Crippen LogP contribution in [0.1, 0.15) is 46.3 Å². The SMILES string of the molecule is Cc1cc(OCc2c(C(C)C)cnn2-c2ccccc2OC(F)(F)F)ccc1-c1ccc2cc(C(=O)O)sc2c1. The van der Waals surface area contributed by atoms with Gasteiger partial charge in [-0.3, -0.25) is 0 Å². The highest BCUT2D eigenvalue weighted by Crippen LogP contribution is 2.35. The number of alkyl halides is 3. The molecule has 5 rings (SSSR count). The van der Waals surface area contributed by atoms with Crippen LogP contribution in [0.15, 0.2) is 72.9 Å². The van der Waals surface area contributed by atoms with Crippen LogP contribution in [0.3, 0.4) is 0 Å². The molecule has 5 aromatic rings. The van der Waals surface area contributed by atoms with E-state index in [9.17, 15) is 23.1 Å². The molecule has 0 spiro atoms. The zero-order valence-corrected chi connectivity index (χ0v) is 22.6. The lowest BCUT2D eigenvalue weighted by Gasteiger charge is -2.17. The van der Waals surface area contributed by atoms with Gasteiger partial charge in [-0.25, -0.2) is 9.48 Å². The fraction of sp³-hybridized carbons (Fsp3) is 0.200. The number of thiophene rings is 1. The summed E-state index contributed by atoms with van der Waals surface area (Å²) in [5.74, 6) is -0.651. The van der Waals surface area contributed by atoms with Gasteiger partial charge < -0.3 is 14.6 Å². The molecule has 0 saturated carbocycles. The van der Waals surface area contributed by atoms with E-state index in [0.717, 1.165) is 32.3 Å². The highest BCUT2D eigenvalue weighted by molar-refractivity contribution is 7.20. The van der Waals surface area contributed by atoms with Gasteiger partial charge in [0.25, 0.3) is 0 Å². The van der Waals surface area contributed by atoms with Crippen LogP contribution >= 0.6 is 11.3 Å². The van der Waals surface area contributed by atoms with Gasteiger partial charge in [-0.05, 0) is 76.9 Å². The van der Waals surface area contributed by atoms with Gasteiger partial charge in [-0.1, -0.05) is 44.2 Å². The molecule has 1 N–H and O–H groups in total. The number of hydrogen-bond donors (Lipinski definition) is 1. The number of aromatic nitrogens is 2. The molecule has 10 heteroatoms. The van der Waals surface area contributed by atoms with Crippen molar-refractivity contribution < 1.29 is 32.5 Å². The van der Waals surface area contributed by atoms with Gasteiger partial charge in [-0.2, -0.15) is 5.10 Å². The number of aryl methyl sites for hydroxylation is 1. The van der Waals surface area contributed by atoms with Crippen LogP contribution in [0.5, 0.6) is 11.5 Å². The number of carboxylic acids is 1. The Morgan fingerprint density at radius 2 is 1.85 bits per heavy atom. The van der Waals surface area contributed by atoms with E-state index in [4.69, 9.17) is 4.74 Å². The second-order valence-electron chi connectivity index (χ2n) is 9.56. The third-order valence-corrected chi connectivity index (χ3v) is 7.54. The first-order chi connectivity index (χ1) is 19.0. The lowest BCUT2D eigenvalue weighted by Crippen LogP contribution is -2.19. The van der Waals surface area contributed by atoms with Crippen molar-refractivity contribution >= 4 is 27.4 Å². The van der Waals surface area contributed by atoms with Crippen LogP contribution in [0.4, 0.5) is 13.2 Å². The van der Waals surface area contributed by atoms with E-state index < -0.39 is 12.3 Å². The average Bonchev–Trinajstić information content (AvgIpc) is 3.51. The van der Waals surface area contributed by atoms with Crippen molar-refractivity contribution in [3.8, 4) is 28.3 Å². The molecule has 0 bridgehead atoms. The Hall–Kier alpha value is -4.31. The number of aromatic carboxylic acids is 1. The molecule has 0 atom stereocenters. The molecule has 0 aliphatic rings. The second kappa shape index (κ2) is 10.7. The van der Waals surface area contributed by atoms with E-state index in [0.29, 0.717) is 16.3 Å². The van der Waals surface area contributed by atoms with E-state index in [1.807, 2.05) is 57.2 Å². The Bertz CT molecular complexity index is 1710. The summed E-state index contributed by atoms with van der Waals surface area (Å²) in [6.07, 6.45) is -3.20. The zero-order valence-electron chi connectivity index (χ0n) is 21.8. The number of rotatable bonds is 8. The molecule has 0 fully saturated rings. The summed E-state index contributed by atoms with van der Waals surface area (Å²) in [5, 5.41) is 14.5. The van der Waals surface area contributed by atoms with Gasteiger partial charge in [0.15, 0.2) is 5.75 Å². The van der Waals surface area contributed by atoms with E-state index in [1.54, 1.807) is 18.3 Å². The third-order valence-electron chi connectivity index (χ3n) is 6.46. The van der Waals surface area contributed by atoms with Gasteiger partial charge in [-0.15, -0.1) is 24.5 Å². The maximum atomic E-state index is 13.0. The molecule has 0 aliphatic heterocycles. The minimum Gasteiger partial charge on any atom is -0.487 e. The predicted molar refractivity (Wildman–Crippen MR) is 148 cm³/mol. The largest absolute Gasteiger partial charge is 0.573 e. The Labute approximate surface area is 232 Å². The molecular weight excluding hydrogens is 541 g/mol. The van der Waals surface area contributed by atoms with Crippen LogP contribution in [-0.4, -0.2) is 27.2 Å². The van der Waals surface area contributed by atoms with Crippen LogP contribution in [0.2, 0.25) is 0 Å². The van der Waals surface area contributed by atoms with Gasteiger partial charge in [0.05, 0.1) is 11.9 Å². The Morgan fingerprint density at radius 1 is 1.07 bits per heavy atom. The number of nitrogens with zero attached hydrogens (tertiary/aromatic N) is 2. The van der Waals surface area contributed by atoms with Crippen LogP contribution in [0.25, 0.3) is 26.9 Å². The molecule has 2 aromatic heterocycles. The number of ether oxygens (including phenoxy) is 2. The zero-order chi connectivity index (χ0) is 28.6. The average molecular weight is 567 g/mol. The Morgan fingerprint density at radius 3 is 2.55 bits per heavy atom. The van der Waals surface area contributed by atoms with Crippen molar-refractivity contribution in [2.45, 2.75) is 39.7 Å². The Kier molecular flexibility index (Phi) is 7.29. The first-order valence-corrected chi connectivity index (χ1v) is 13.2. The molecule has 0 radical (unpaired) electrons.